The Morgan fingerprint density at radius 3 is 2.67 bits per heavy atom. The first-order chi connectivity index (χ1) is 10.2. The molecule has 21 heavy (non-hydrogen) atoms. The standard InChI is InChI=1S/C17H24N2O2/c20-17(21)13-19(16-6-7-16)12-15-8-9-18(11-15)10-14-4-2-1-3-5-14/h1-5,15-16H,6-13H2,(H,20,21). The Hall–Kier alpha value is -1.39. The van der Waals surface area contributed by atoms with Gasteiger partial charge in [-0.15, -0.1) is 0 Å². The summed E-state index contributed by atoms with van der Waals surface area (Å²) in [6.07, 6.45) is 3.54. The predicted molar refractivity (Wildman–Crippen MR) is 82.1 cm³/mol. The number of hydrogen-bond donors (Lipinski definition) is 1. The van der Waals surface area contributed by atoms with Gasteiger partial charge in [0.15, 0.2) is 0 Å². The number of hydrogen-bond acceptors (Lipinski definition) is 3. The van der Waals surface area contributed by atoms with Gasteiger partial charge in [0.2, 0.25) is 0 Å². The Kier molecular flexibility index (Phi) is 4.56. The zero-order chi connectivity index (χ0) is 14.7. The second-order valence-corrected chi connectivity index (χ2v) is 6.43. The Bertz CT molecular complexity index is 473. The maximum Gasteiger partial charge on any atom is 0.317 e. The van der Waals surface area contributed by atoms with Crippen LogP contribution in [0.2, 0.25) is 0 Å². The van der Waals surface area contributed by atoms with Crippen molar-refractivity contribution < 1.29 is 9.90 Å². The number of carboxylic acids is 1. The van der Waals surface area contributed by atoms with Gasteiger partial charge in [-0.3, -0.25) is 14.6 Å². The third kappa shape index (κ3) is 4.29. The van der Waals surface area contributed by atoms with Crippen LogP contribution < -0.4 is 0 Å². The molecule has 1 heterocycles. The van der Waals surface area contributed by atoms with Crippen molar-refractivity contribution in [1.82, 2.24) is 9.80 Å². The first kappa shape index (κ1) is 14.5. The molecule has 1 aromatic carbocycles. The molecule has 1 saturated heterocycles. The fourth-order valence-electron chi connectivity index (χ4n) is 3.33. The molecule has 0 bridgehead atoms. The summed E-state index contributed by atoms with van der Waals surface area (Å²) in [5.41, 5.74) is 1.36. The van der Waals surface area contributed by atoms with E-state index in [1.165, 1.54) is 24.8 Å². The van der Waals surface area contributed by atoms with E-state index >= 15 is 0 Å². The van der Waals surface area contributed by atoms with Gasteiger partial charge >= 0.3 is 5.97 Å². The van der Waals surface area contributed by atoms with Crippen molar-refractivity contribution in [3.63, 3.8) is 0 Å². The number of likely N-dealkylation sites (tertiary alicyclic amines) is 1. The van der Waals surface area contributed by atoms with Crippen LogP contribution in [-0.2, 0) is 11.3 Å². The lowest BCUT2D eigenvalue weighted by Gasteiger charge is -2.24. The Morgan fingerprint density at radius 1 is 1.24 bits per heavy atom. The average molecular weight is 288 g/mol. The molecule has 1 aromatic rings. The molecule has 4 nitrogen and oxygen atoms in total. The summed E-state index contributed by atoms with van der Waals surface area (Å²) >= 11 is 0. The largest absolute Gasteiger partial charge is 0.480 e. The van der Waals surface area contributed by atoms with Gasteiger partial charge in [-0.2, -0.15) is 0 Å². The van der Waals surface area contributed by atoms with E-state index in [0.29, 0.717) is 12.0 Å². The van der Waals surface area contributed by atoms with Crippen molar-refractivity contribution in [3.8, 4) is 0 Å². The van der Waals surface area contributed by atoms with Crippen LogP contribution in [0.5, 0.6) is 0 Å². The van der Waals surface area contributed by atoms with Gasteiger partial charge < -0.3 is 5.11 Å². The van der Waals surface area contributed by atoms with E-state index in [4.69, 9.17) is 5.11 Å². The van der Waals surface area contributed by atoms with Crippen LogP contribution in [0.1, 0.15) is 24.8 Å². The van der Waals surface area contributed by atoms with Crippen molar-refractivity contribution in [1.29, 1.82) is 0 Å². The third-order valence-electron chi connectivity index (χ3n) is 4.51. The first-order valence-corrected chi connectivity index (χ1v) is 7.93. The van der Waals surface area contributed by atoms with Crippen LogP contribution in [-0.4, -0.2) is 53.1 Å². The molecule has 0 aromatic heterocycles. The molecule has 1 N–H and O–H groups in total. The number of rotatable bonds is 7. The summed E-state index contributed by atoms with van der Waals surface area (Å²) < 4.78 is 0. The highest BCUT2D eigenvalue weighted by atomic mass is 16.4. The van der Waals surface area contributed by atoms with E-state index in [-0.39, 0.29) is 6.54 Å². The number of carbonyl (C=O) groups is 1. The van der Waals surface area contributed by atoms with Crippen molar-refractivity contribution in [3.05, 3.63) is 35.9 Å². The molecule has 4 heteroatoms. The molecule has 1 unspecified atom stereocenters. The van der Waals surface area contributed by atoms with Crippen LogP contribution >= 0.6 is 0 Å². The second kappa shape index (κ2) is 6.58. The lowest BCUT2D eigenvalue weighted by molar-refractivity contribution is -0.138. The van der Waals surface area contributed by atoms with Crippen molar-refractivity contribution in [2.75, 3.05) is 26.2 Å². The first-order valence-electron chi connectivity index (χ1n) is 7.93. The molecule has 2 fully saturated rings. The summed E-state index contributed by atoms with van der Waals surface area (Å²) in [4.78, 5) is 15.6. The molecule has 1 saturated carbocycles. The Labute approximate surface area is 126 Å². The predicted octanol–water partition coefficient (Wildman–Crippen LogP) is 2.06. The molecule has 0 amide bonds. The molecular weight excluding hydrogens is 264 g/mol. The lowest BCUT2D eigenvalue weighted by Crippen LogP contribution is -2.36. The van der Waals surface area contributed by atoms with E-state index in [2.05, 4.69) is 40.1 Å². The monoisotopic (exact) mass is 288 g/mol. The van der Waals surface area contributed by atoms with E-state index in [1.807, 2.05) is 0 Å². The summed E-state index contributed by atoms with van der Waals surface area (Å²) in [7, 11) is 0. The van der Waals surface area contributed by atoms with Crippen molar-refractivity contribution in [2.24, 2.45) is 5.92 Å². The molecule has 0 radical (unpaired) electrons. The van der Waals surface area contributed by atoms with Gasteiger partial charge in [0.05, 0.1) is 6.54 Å². The minimum absolute atomic E-state index is 0.208. The fraction of sp³-hybridized carbons (Fsp3) is 0.588. The van der Waals surface area contributed by atoms with Crippen LogP contribution in [0, 0.1) is 5.92 Å². The number of nitrogens with zero attached hydrogens (tertiary/aromatic N) is 2. The Balaban J connectivity index is 1.48. The minimum atomic E-state index is -0.693. The highest BCUT2D eigenvalue weighted by Crippen LogP contribution is 2.29. The minimum Gasteiger partial charge on any atom is -0.480 e. The van der Waals surface area contributed by atoms with Crippen molar-refractivity contribution >= 4 is 5.97 Å². The smallest absolute Gasteiger partial charge is 0.317 e. The zero-order valence-corrected chi connectivity index (χ0v) is 12.4. The zero-order valence-electron chi connectivity index (χ0n) is 12.4. The van der Waals surface area contributed by atoms with E-state index < -0.39 is 5.97 Å². The van der Waals surface area contributed by atoms with E-state index in [9.17, 15) is 4.79 Å². The molecule has 3 rings (SSSR count). The van der Waals surface area contributed by atoms with Crippen LogP contribution in [0.4, 0.5) is 0 Å². The molecular formula is C17H24N2O2. The highest BCUT2D eigenvalue weighted by Gasteiger charge is 2.33. The van der Waals surface area contributed by atoms with Gasteiger partial charge in [0.1, 0.15) is 0 Å². The topological polar surface area (TPSA) is 43.8 Å². The number of aliphatic carboxylic acids is 1. The lowest BCUT2D eigenvalue weighted by atomic mass is 10.1. The summed E-state index contributed by atoms with van der Waals surface area (Å²) in [5.74, 6) is -0.0744. The van der Waals surface area contributed by atoms with E-state index in [0.717, 1.165) is 26.2 Å². The summed E-state index contributed by atoms with van der Waals surface area (Å²) in [6, 6.07) is 11.1. The summed E-state index contributed by atoms with van der Waals surface area (Å²) in [6.45, 7) is 4.39. The molecule has 2 aliphatic rings. The maximum absolute atomic E-state index is 11.0. The second-order valence-electron chi connectivity index (χ2n) is 6.43. The normalized spacial score (nSPS) is 22.8. The molecule has 114 valence electrons. The van der Waals surface area contributed by atoms with Gasteiger partial charge in [-0.1, -0.05) is 30.3 Å². The van der Waals surface area contributed by atoms with Crippen LogP contribution in [0.15, 0.2) is 30.3 Å². The molecule has 0 spiro atoms. The van der Waals surface area contributed by atoms with Gasteiger partial charge in [-0.25, -0.2) is 0 Å². The average Bonchev–Trinajstić information content (AvgIpc) is 3.22. The van der Waals surface area contributed by atoms with Gasteiger partial charge in [0, 0.05) is 25.7 Å². The van der Waals surface area contributed by atoms with Crippen molar-refractivity contribution in [2.45, 2.75) is 31.8 Å². The number of benzene rings is 1. The quantitative estimate of drug-likeness (QED) is 0.834. The Morgan fingerprint density at radius 2 is 2.00 bits per heavy atom. The molecule has 1 aliphatic carbocycles. The fourth-order valence-corrected chi connectivity index (χ4v) is 3.33. The van der Waals surface area contributed by atoms with Crippen LogP contribution in [0.25, 0.3) is 0 Å². The van der Waals surface area contributed by atoms with E-state index in [1.54, 1.807) is 0 Å². The van der Waals surface area contributed by atoms with Gasteiger partial charge in [0.25, 0.3) is 0 Å². The third-order valence-corrected chi connectivity index (χ3v) is 4.51. The van der Waals surface area contributed by atoms with Crippen LogP contribution in [0.3, 0.4) is 0 Å². The molecule has 1 atom stereocenters. The maximum atomic E-state index is 11.0. The highest BCUT2D eigenvalue weighted by molar-refractivity contribution is 5.69. The molecule has 1 aliphatic heterocycles. The SMILES string of the molecule is O=C(O)CN(CC1CCN(Cc2ccccc2)C1)C1CC1. The van der Waals surface area contributed by atoms with Gasteiger partial charge in [-0.05, 0) is 37.3 Å². The summed E-state index contributed by atoms with van der Waals surface area (Å²) in [5, 5.41) is 9.03. The number of carboxylic acid groups (broad SMARTS) is 1.